The summed E-state index contributed by atoms with van der Waals surface area (Å²) in [7, 11) is 1.55. The second kappa shape index (κ2) is 6.47. The Morgan fingerprint density at radius 2 is 2.00 bits per heavy atom. The van der Waals surface area contributed by atoms with Crippen molar-refractivity contribution in [2.75, 3.05) is 13.7 Å². The minimum atomic E-state index is -1.11. The first kappa shape index (κ1) is 13.8. The molecule has 0 aliphatic rings. The lowest BCUT2D eigenvalue weighted by atomic mass is 10.1. The quantitative estimate of drug-likeness (QED) is 0.647. The van der Waals surface area contributed by atoms with Crippen LogP contribution in [0.5, 0.6) is 5.75 Å². The smallest absolute Gasteiger partial charge is 0.327 e. The van der Waals surface area contributed by atoms with Crippen molar-refractivity contribution >= 4 is 17.6 Å². The fraction of sp³-hybridized carbons (Fsp3) is 0.417. The molecule has 0 aliphatic heterocycles. The van der Waals surface area contributed by atoms with E-state index >= 15 is 0 Å². The minimum Gasteiger partial charge on any atom is -0.497 e. The van der Waals surface area contributed by atoms with Crippen LogP contribution in [0.1, 0.15) is 18.6 Å². The zero-order valence-electron chi connectivity index (χ0n) is 9.72. The molecule has 1 aromatic rings. The van der Waals surface area contributed by atoms with Gasteiger partial charge in [0.05, 0.1) is 13.7 Å². The molecule has 17 heavy (non-hydrogen) atoms. The molecule has 2 unspecified atom stereocenters. The van der Waals surface area contributed by atoms with Crippen LogP contribution < -0.4 is 4.74 Å². The summed E-state index contributed by atoms with van der Waals surface area (Å²) in [5.41, 5.74) is 0.541. The highest BCUT2D eigenvalue weighted by atomic mass is 35.5. The normalized spacial score (nSPS) is 13.9. The summed E-state index contributed by atoms with van der Waals surface area (Å²) in [5, 5.41) is 8.77. The monoisotopic (exact) mass is 258 g/mol. The van der Waals surface area contributed by atoms with Gasteiger partial charge < -0.3 is 14.6 Å². The number of benzene rings is 1. The van der Waals surface area contributed by atoms with Crippen molar-refractivity contribution in [2.45, 2.75) is 18.4 Å². The second-order valence-electron chi connectivity index (χ2n) is 3.37. The van der Waals surface area contributed by atoms with Crippen LogP contribution in [0.2, 0.25) is 0 Å². The molecule has 1 rings (SSSR count). The maximum Gasteiger partial charge on any atom is 0.327 e. The molecule has 0 spiro atoms. The highest BCUT2D eigenvalue weighted by Gasteiger charge is 2.26. The second-order valence-corrected chi connectivity index (χ2v) is 3.84. The molecule has 5 heteroatoms. The molecule has 0 bridgehead atoms. The van der Waals surface area contributed by atoms with E-state index in [1.165, 1.54) is 0 Å². The van der Waals surface area contributed by atoms with Crippen molar-refractivity contribution in [1.82, 2.24) is 0 Å². The van der Waals surface area contributed by atoms with Crippen molar-refractivity contribution in [2.24, 2.45) is 0 Å². The Balaban J connectivity index is 2.73. The average Bonchev–Trinajstić information content (AvgIpc) is 2.37. The number of methoxy groups -OCH3 is 1. The molecular formula is C12H15ClO4. The molecule has 0 aliphatic carbocycles. The summed E-state index contributed by atoms with van der Waals surface area (Å²) in [4.78, 5) is 11.3. The van der Waals surface area contributed by atoms with Crippen LogP contribution in [-0.2, 0) is 9.53 Å². The number of aliphatic hydroxyl groups is 1. The van der Waals surface area contributed by atoms with Crippen LogP contribution in [0.15, 0.2) is 24.3 Å². The van der Waals surface area contributed by atoms with E-state index in [2.05, 4.69) is 0 Å². The molecule has 1 aromatic carbocycles. The Bertz CT molecular complexity index is 363. The molecule has 0 fully saturated rings. The summed E-state index contributed by atoms with van der Waals surface area (Å²) in [5.74, 6) is 0.0423. The van der Waals surface area contributed by atoms with E-state index in [0.717, 1.165) is 0 Å². The number of carbonyl (C=O) groups excluding carboxylic acids is 1. The molecule has 0 saturated carbocycles. The van der Waals surface area contributed by atoms with Gasteiger partial charge in [-0.2, -0.15) is 0 Å². The van der Waals surface area contributed by atoms with Crippen molar-refractivity contribution < 1.29 is 19.4 Å². The van der Waals surface area contributed by atoms with Gasteiger partial charge in [0.15, 0.2) is 5.38 Å². The van der Waals surface area contributed by atoms with E-state index in [4.69, 9.17) is 21.1 Å². The lowest BCUT2D eigenvalue weighted by molar-refractivity contribution is -0.144. The maximum atomic E-state index is 11.3. The number of ether oxygens (including phenoxy) is 2. The van der Waals surface area contributed by atoms with Gasteiger partial charge in [0, 0.05) is 0 Å². The molecule has 2 atom stereocenters. The lowest BCUT2D eigenvalue weighted by Crippen LogP contribution is -2.25. The van der Waals surface area contributed by atoms with Gasteiger partial charge in [-0.25, -0.2) is 0 Å². The third-order valence-corrected chi connectivity index (χ3v) is 2.66. The van der Waals surface area contributed by atoms with Gasteiger partial charge in [0.1, 0.15) is 11.9 Å². The van der Waals surface area contributed by atoms with E-state index < -0.39 is 17.5 Å². The Hall–Kier alpha value is -1.26. The zero-order chi connectivity index (χ0) is 12.8. The number of hydrogen-bond acceptors (Lipinski definition) is 4. The van der Waals surface area contributed by atoms with Gasteiger partial charge >= 0.3 is 5.97 Å². The van der Waals surface area contributed by atoms with Crippen LogP contribution in [0.4, 0.5) is 0 Å². The molecule has 4 nitrogen and oxygen atoms in total. The van der Waals surface area contributed by atoms with Crippen molar-refractivity contribution in [1.29, 1.82) is 0 Å². The van der Waals surface area contributed by atoms with Gasteiger partial charge in [0.2, 0.25) is 0 Å². The fourth-order valence-electron chi connectivity index (χ4n) is 1.32. The SMILES string of the molecule is CCOC(=O)C(Cl)C(O)c1ccc(OC)cc1. The van der Waals surface area contributed by atoms with Crippen molar-refractivity contribution in [3.63, 3.8) is 0 Å². The number of aliphatic hydroxyl groups excluding tert-OH is 1. The molecule has 0 amide bonds. The summed E-state index contributed by atoms with van der Waals surface area (Å²) in [6.45, 7) is 1.92. The number of alkyl halides is 1. The van der Waals surface area contributed by atoms with E-state index in [9.17, 15) is 9.90 Å². The van der Waals surface area contributed by atoms with Crippen LogP contribution in [0.3, 0.4) is 0 Å². The van der Waals surface area contributed by atoms with E-state index in [1.54, 1.807) is 38.3 Å². The standard InChI is InChI=1S/C12H15ClO4/c1-3-17-12(15)10(13)11(14)8-4-6-9(16-2)7-5-8/h4-7,10-11,14H,3H2,1-2H3. The average molecular weight is 259 g/mol. The number of rotatable bonds is 5. The first-order valence-corrected chi connectivity index (χ1v) is 5.66. The van der Waals surface area contributed by atoms with E-state index in [-0.39, 0.29) is 6.61 Å². The summed E-state index contributed by atoms with van der Waals surface area (Å²) in [6, 6.07) is 6.68. The van der Waals surface area contributed by atoms with Crippen molar-refractivity contribution in [3.8, 4) is 5.75 Å². The van der Waals surface area contributed by atoms with Crippen molar-refractivity contribution in [3.05, 3.63) is 29.8 Å². The minimum absolute atomic E-state index is 0.234. The summed E-state index contributed by atoms with van der Waals surface area (Å²) in [6.07, 6.45) is -1.10. The first-order valence-electron chi connectivity index (χ1n) is 5.22. The van der Waals surface area contributed by atoms with Gasteiger partial charge in [-0.1, -0.05) is 12.1 Å². The first-order chi connectivity index (χ1) is 8.10. The number of esters is 1. The highest BCUT2D eigenvalue weighted by Crippen LogP contribution is 2.24. The van der Waals surface area contributed by atoms with Gasteiger partial charge in [0.25, 0.3) is 0 Å². The predicted molar refractivity (Wildman–Crippen MR) is 64.2 cm³/mol. The summed E-state index contributed by atoms with van der Waals surface area (Å²) >= 11 is 5.81. The largest absolute Gasteiger partial charge is 0.497 e. The van der Waals surface area contributed by atoms with Crippen LogP contribution in [0, 0.1) is 0 Å². The van der Waals surface area contributed by atoms with Gasteiger partial charge in [-0.05, 0) is 24.6 Å². The van der Waals surface area contributed by atoms with E-state index in [0.29, 0.717) is 11.3 Å². The van der Waals surface area contributed by atoms with Crippen LogP contribution >= 0.6 is 11.6 Å². The zero-order valence-corrected chi connectivity index (χ0v) is 10.5. The number of hydrogen-bond donors (Lipinski definition) is 1. The van der Waals surface area contributed by atoms with Gasteiger partial charge in [-0.3, -0.25) is 4.79 Å². The predicted octanol–water partition coefficient (Wildman–Crippen LogP) is 1.90. The molecule has 0 aromatic heterocycles. The van der Waals surface area contributed by atoms with E-state index in [1.807, 2.05) is 0 Å². The Morgan fingerprint density at radius 3 is 2.47 bits per heavy atom. The number of carbonyl (C=O) groups is 1. The molecule has 0 radical (unpaired) electrons. The Labute approximate surface area is 105 Å². The molecule has 0 heterocycles. The molecule has 1 N–H and O–H groups in total. The fourth-order valence-corrected chi connectivity index (χ4v) is 1.53. The molecule has 0 saturated heterocycles. The van der Waals surface area contributed by atoms with Crippen LogP contribution in [0.25, 0.3) is 0 Å². The Morgan fingerprint density at radius 1 is 1.41 bits per heavy atom. The lowest BCUT2D eigenvalue weighted by Gasteiger charge is -2.16. The molecular weight excluding hydrogens is 244 g/mol. The summed E-state index contributed by atoms with van der Waals surface area (Å²) < 4.78 is 9.72. The highest BCUT2D eigenvalue weighted by molar-refractivity contribution is 6.30. The number of halogens is 1. The third-order valence-electron chi connectivity index (χ3n) is 2.25. The van der Waals surface area contributed by atoms with Crippen LogP contribution in [-0.4, -0.2) is 30.2 Å². The third kappa shape index (κ3) is 3.61. The maximum absolute atomic E-state index is 11.3. The van der Waals surface area contributed by atoms with Gasteiger partial charge in [-0.15, -0.1) is 11.6 Å². The topological polar surface area (TPSA) is 55.8 Å². The Kier molecular flexibility index (Phi) is 5.25. The molecule has 94 valence electrons.